The zero-order valence-corrected chi connectivity index (χ0v) is 18.5. The van der Waals surface area contributed by atoms with Crippen molar-refractivity contribution in [3.8, 4) is 0 Å². The van der Waals surface area contributed by atoms with Gasteiger partial charge < -0.3 is 26.0 Å². The van der Waals surface area contributed by atoms with Crippen LogP contribution in [0.2, 0.25) is 0 Å². The summed E-state index contributed by atoms with van der Waals surface area (Å²) in [5, 5.41) is 21.8. The standard InChI is InChI=1S/C17H18N4O7S3/c1-29-4-7-5-30-15-11(13(25)21(15)14(7)28-17(26)27)20-12(24)8(2-3-10(22)23)9-6-31-16(18)19-9/h2,6,11,15H,3-5H2,1H3,(H2,18,19)(H,20,24)(H,22,23)(H,26,27)/t11-,15+/m1/s1. The van der Waals surface area contributed by atoms with E-state index in [1.807, 2.05) is 6.26 Å². The highest BCUT2D eigenvalue weighted by molar-refractivity contribution is 8.00. The number of amides is 2. The first kappa shape index (κ1) is 23.0. The molecule has 1 aromatic heterocycles. The number of carboxylic acids is 1. The number of nitrogens with zero attached hydrogens (tertiary/aromatic N) is 2. The molecule has 2 aliphatic heterocycles. The lowest BCUT2D eigenvalue weighted by Gasteiger charge is -2.49. The first-order valence-electron chi connectivity index (χ1n) is 8.73. The summed E-state index contributed by atoms with van der Waals surface area (Å²) in [4.78, 5) is 52.9. The van der Waals surface area contributed by atoms with Gasteiger partial charge in [-0.2, -0.15) is 11.8 Å². The van der Waals surface area contributed by atoms with Crippen LogP contribution in [0, 0.1) is 0 Å². The summed E-state index contributed by atoms with van der Waals surface area (Å²) in [6.45, 7) is 0. The minimum Gasteiger partial charge on any atom is -0.481 e. The van der Waals surface area contributed by atoms with Crippen LogP contribution in [-0.4, -0.2) is 73.2 Å². The van der Waals surface area contributed by atoms with E-state index in [9.17, 15) is 19.2 Å². The molecule has 0 spiro atoms. The average molecular weight is 487 g/mol. The second-order valence-electron chi connectivity index (χ2n) is 6.36. The second kappa shape index (κ2) is 9.62. The molecule has 11 nitrogen and oxygen atoms in total. The molecule has 3 heterocycles. The Morgan fingerprint density at radius 3 is 2.77 bits per heavy atom. The van der Waals surface area contributed by atoms with Crippen LogP contribution in [0.1, 0.15) is 12.1 Å². The van der Waals surface area contributed by atoms with Gasteiger partial charge in [0.1, 0.15) is 11.4 Å². The third-order valence-electron chi connectivity index (χ3n) is 4.31. The van der Waals surface area contributed by atoms with Crippen LogP contribution < -0.4 is 11.1 Å². The van der Waals surface area contributed by atoms with E-state index in [1.54, 1.807) is 0 Å². The number of hydrogen-bond donors (Lipinski definition) is 4. The van der Waals surface area contributed by atoms with Crippen molar-refractivity contribution in [2.75, 3.05) is 23.5 Å². The summed E-state index contributed by atoms with van der Waals surface area (Å²) >= 11 is 3.93. The van der Waals surface area contributed by atoms with Gasteiger partial charge in [-0.3, -0.25) is 19.3 Å². The molecule has 2 amide bonds. The third-order valence-corrected chi connectivity index (χ3v) is 6.96. The Labute approximate surface area is 188 Å². The van der Waals surface area contributed by atoms with Gasteiger partial charge in [0, 0.05) is 22.5 Å². The third kappa shape index (κ3) is 4.97. The van der Waals surface area contributed by atoms with Crippen LogP contribution in [0.15, 0.2) is 22.9 Å². The molecule has 0 radical (unpaired) electrons. The number of carbonyl (C=O) groups is 4. The van der Waals surface area contributed by atoms with E-state index in [4.69, 9.17) is 20.7 Å². The summed E-state index contributed by atoms with van der Waals surface area (Å²) in [7, 11) is 0. The number of aliphatic carboxylic acids is 1. The summed E-state index contributed by atoms with van der Waals surface area (Å²) in [5.41, 5.74) is 6.48. The van der Waals surface area contributed by atoms with Crippen molar-refractivity contribution in [2.45, 2.75) is 17.8 Å². The number of nitrogens with two attached hydrogens (primary N) is 1. The lowest BCUT2D eigenvalue weighted by Crippen LogP contribution is -2.70. The number of ether oxygens (including phenoxy) is 1. The fourth-order valence-electron chi connectivity index (χ4n) is 3.02. The first-order valence-corrected chi connectivity index (χ1v) is 12.1. The maximum atomic E-state index is 12.8. The number of thiazole rings is 1. The number of nitrogens with one attached hydrogen (secondary N) is 1. The van der Waals surface area contributed by atoms with Crippen LogP contribution in [-0.2, 0) is 19.1 Å². The van der Waals surface area contributed by atoms with Crippen molar-refractivity contribution < 1.29 is 34.1 Å². The molecule has 31 heavy (non-hydrogen) atoms. The summed E-state index contributed by atoms with van der Waals surface area (Å²) in [5.74, 6) is -1.41. The Morgan fingerprint density at radius 2 is 2.19 bits per heavy atom. The molecule has 1 saturated heterocycles. The van der Waals surface area contributed by atoms with E-state index in [0.717, 1.165) is 11.3 Å². The maximum Gasteiger partial charge on any atom is 0.512 e. The first-order chi connectivity index (χ1) is 14.7. The monoisotopic (exact) mass is 486 g/mol. The highest BCUT2D eigenvalue weighted by Crippen LogP contribution is 2.41. The molecule has 0 bridgehead atoms. The zero-order valence-electron chi connectivity index (χ0n) is 16.1. The van der Waals surface area contributed by atoms with Gasteiger partial charge in [0.15, 0.2) is 5.13 Å². The summed E-state index contributed by atoms with van der Waals surface area (Å²) in [6, 6.07) is -0.926. The van der Waals surface area contributed by atoms with E-state index >= 15 is 0 Å². The molecule has 14 heteroatoms. The predicted octanol–water partition coefficient (Wildman–Crippen LogP) is 1.25. The minimum absolute atomic E-state index is 0.0111. The molecule has 1 fully saturated rings. The normalized spacial score (nSPS) is 20.7. The molecule has 5 N–H and O–H groups in total. The Morgan fingerprint density at radius 1 is 1.45 bits per heavy atom. The van der Waals surface area contributed by atoms with Gasteiger partial charge in [-0.1, -0.05) is 6.08 Å². The lowest BCUT2D eigenvalue weighted by molar-refractivity contribution is -0.148. The molecule has 0 aliphatic carbocycles. The number of carbonyl (C=O) groups excluding carboxylic acids is 2. The number of hydrogen-bond acceptors (Lipinski definition) is 10. The van der Waals surface area contributed by atoms with E-state index in [1.165, 1.54) is 39.9 Å². The van der Waals surface area contributed by atoms with Gasteiger partial charge in [-0.05, 0) is 6.26 Å². The van der Waals surface area contributed by atoms with Gasteiger partial charge >= 0.3 is 12.1 Å². The van der Waals surface area contributed by atoms with E-state index < -0.39 is 41.8 Å². The number of anilines is 1. The average Bonchev–Trinajstić information content (AvgIpc) is 3.12. The van der Waals surface area contributed by atoms with Crippen molar-refractivity contribution in [3.63, 3.8) is 0 Å². The fraction of sp³-hybridized carbons (Fsp3) is 0.353. The molecule has 166 valence electrons. The van der Waals surface area contributed by atoms with Crippen LogP contribution >= 0.6 is 34.9 Å². The smallest absolute Gasteiger partial charge is 0.481 e. The predicted molar refractivity (Wildman–Crippen MR) is 116 cm³/mol. The Kier molecular flexibility index (Phi) is 7.12. The van der Waals surface area contributed by atoms with E-state index in [-0.39, 0.29) is 22.3 Å². The van der Waals surface area contributed by atoms with Crippen molar-refractivity contribution in [3.05, 3.63) is 28.6 Å². The molecule has 1 aromatic rings. The van der Waals surface area contributed by atoms with Crippen molar-refractivity contribution in [2.24, 2.45) is 0 Å². The number of β-lactam (4-membered cyclic amide) rings is 1. The molecule has 3 rings (SSSR count). The molecule has 0 aromatic carbocycles. The molecule has 0 saturated carbocycles. The quantitative estimate of drug-likeness (QED) is 0.237. The number of aromatic nitrogens is 1. The highest BCUT2D eigenvalue weighted by atomic mass is 32.2. The summed E-state index contributed by atoms with van der Waals surface area (Å²) in [6.07, 6.45) is 1.11. The Hall–Kier alpha value is -2.71. The SMILES string of the molecule is CSCC1=C(OC(=O)O)N2C(=O)[C@@H](NC(=O)C(=CCC(=O)O)c3csc(N)n3)[C@@H]2SC1. The lowest BCUT2D eigenvalue weighted by atomic mass is 10.0. The Balaban J connectivity index is 1.79. The molecule has 0 unspecified atom stereocenters. The molecule has 2 atom stereocenters. The Bertz CT molecular complexity index is 990. The zero-order chi connectivity index (χ0) is 22.7. The van der Waals surface area contributed by atoms with Crippen LogP contribution in [0.3, 0.4) is 0 Å². The van der Waals surface area contributed by atoms with Gasteiger partial charge in [0.2, 0.25) is 5.88 Å². The largest absolute Gasteiger partial charge is 0.512 e. The van der Waals surface area contributed by atoms with Crippen LogP contribution in [0.5, 0.6) is 0 Å². The molecular formula is C17H18N4O7S3. The fourth-order valence-corrected chi connectivity index (χ4v) is 5.61. The van der Waals surface area contributed by atoms with E-state index in [0.29, 0.717) is 17.1 Å². The second-order valence-corrected chi connectivity index (χ2v) is 9.22. The minimum atomic E-state index is -1.53. The van der Waals surface area contributed by atoms with E-state index in [2.05, 4.69) is 10.3 Å². The van der Waals surface area contributed by atoms with Crippen molar-refractivity contribution >= 4 is 69.5 Å². The number of fused-ring (bicyclic) bond motifs is 1. The van der Waals surface area contributed by atoms with Crippen molar-refractivity contribution in [1.82, 2.24) is 15.2 Å². The number of carboxylic acid groups (broad SMARTS) is 2. The van der Waals surface area contributed by atoms with Crippen LogP contribution in [0.4, 0.5) is 9.93 Å². The van der Waals surface area contributed by atoms with Crippen LogP contribution in [0.25, 0.3) is 5.57 Å². The highest BCUT2D eigenvalue weighted by Gasteiger charge is 2.54. The van der Waals surface area contributed by atoms with Crippen molar-refractivity contribution in [1.29, 1.82) is 0 Å². The van der Waals surface area contributed by atoms with Gasteiger partial charge in [0.25, 0.3) is 11.8 Å². The number of thioether (sulfide) groups is 2. The summed E-state index contributed by atoms with van der Waals surface area (Å²) < 4.78 is 4.86. The number of nitrogen functional groups attached to an aromatic ring is 1. The molecular weight excluding hydrogens is 468 g/mol. The van der Waals surface area contributed by atoms with Gasteiger partial charge in [-0.15, -0.1) is 23.1 Å². The number of rotatable bonds is 8. The molecule has 2 aliphatic rings. The van der Waals surface area contributed by atoms with Gasteiger partial charge in [0.05, 0.1) is 17.7 Å². The van der Waals surface area contributed by atoms with Gasteiger partial charge in [-0.25, -0.2) is 9.78 Å². The topological polar surface area (TPSA) is 172 Å². The maximum absolute atomic E-state index is 12.8.